The van der Waals surface area contributed by atoms with Gasteiger partial charge in [0.1, 0.15) is 5.56 Å². The molecule has 3 heterocycles. The molecule has 136 valence electrons. The second kappa shape index (κ2) is 6.85. The van der Waals surface area contributed by atoms with Crippen LogP contribution in [0.1, 0.15) is 22.8 Å². The molecule has 1 aromatic carbocycles. The van der Waals surface area contributed by atoms with E-state index in [-0.39, 0.29) is 12.2 Å². The molecule has 0 bridgehead atoms. The molecule has 0 amide bonds. The topological polar surface area (TPSA) is 76.5 Å². The first-order valence-corrected chi connectivity index (χ1v) is 9.40. The smallest absolute Gasteiger partial charge is 0.345 e. The Kier molecular flexibility index (Phi) is 4.37. The molecule has 0 aliphatic heterocycles. The van der Waals surface area contributed by atoms with E-state index in [1.54, 1.807) is 24.5 Å². The van der Waals surface area contributed by atoms with Crippen molar-refractivity contribution in [1.29, 1.82) is 0 Å². The Labute approximate surface area is 159 Å². The van der Waals surface area contributed by atoms with Gasteiger partial charge in [-0.25, -0.2) is 14.3 Å². The Morgan fingerprint density at radius 2 is 2.04 bits per heavy atom. The maximum absolute atomic E-state index is 12.6. The number of benzene rings is 1. The van der Waals surface area contributed by atoms with Gasteiger partial charge in [0.2, 0.25) is 0 Å². The fraction of sp³-hybridized carbons (Fsp3) is 0.150. The highest BCUT2D eigenvalue weighted by molar-refractivity contribution is 7.14. The van der Waals surface area contributed by atoms with Crippen LogP contribution in [0.3, 0.4) is 0 Å². The molecule has 0 fully saturated rings. The number of fused-ring (bicyclic) bond motifs is 1. The molecule has 0 saturated heterocycles. The van der Waals surface area contributed by atoms with Gasteiger partial charge in [0, 0.05) is 17.3 Å². The fourth-order valence-corrected chi connectivity index (χ4v) is 4.17. The summed E-state index contributed by atoms with van der Waals surface area (Å²) in [7, 11) is 0. The van der Waals surface area contributed by atoms with Crippen molar-refractivity contribution in [2.45, 2.75) is 13.8 Å². The van der Waals surface area contributed by atoms with Gasteiger partial charge in [0.15, 0.2) is 5.65 Å². The molecule has 6 nitrogen and oxygen atoms in total. The zero-order valence-electron chi connectivity index (χ0n) is 14.9. The van der Waals surface area contributed by atoms with Crippen LogP contribution in [-0.4, -0.2) is 27.2 Å². The van der Waals surface area contributed by atoms with E-state index in [4.69, 9.17) is 4.74 Å². The largest absolute Gasteiger partial charge is 0.462 e. The first-order chi connectivity index (χ1) is 13.1. The average Bonchev–Trinajstić information content (AvgIpc) is 3.26. The van der Waals surface area contributed by atoms with Crippen molar-refractivity contribution in [1.82, 2.24) is 14.6 Å². The number of aromatic nitrogens is 3. The van der Waals surface area contributed by atoms with Crippen LogP contribution >= 0.6 is 11.3 Å². The molecule has 0 aliphatic rings. The van der Waals surface area contributed by atoms with Crippen LogP contribution < -0.4 is 5.56 Å². The highest BCUT2D eigenvalue weighted by Gasteiger charge is 2.19. The van der Waals surface area contributed by atoms with E-state index in [9.17, 15) is 9.59 Å². The second-order valence-corrected chi connectivity index (χ2v) is 6.89. The average molecular weight is 379 g/mol. The van der Waals surface area contributed by atoms with Gasteiger partial charge in [-0.2, -0.15) is 0 Å². The molecule has 4 aromatic rings. The van der Waals surface area contributed by atoms with Crippen molar-refractivity contribution in [2.75, 3.05) is 6.61 Å². The molecule has 0 saturated carbocycles. The molecular weight excluding hydrogens is 362 g/mol. The molecule has 0 radical (unpaired) electrons. The Bertz CT molecular complexity index is 1190. The molecule has 1 N–H and O–H groups in total. The third kappa shape index (κ3) is 2.86. The standard InChI is InChI=1S/C20H17N3O3S/c1-3-26-20(25)15-9-21-18-14(10-22-23(18)19(15)24)17-12(2)16(11-27-17)13-7-5-4-6-8-13/h4-11,22H,3H2,1-2H3. The van der Waals surface area contributed by atoms with Gasteiger partial charge >= 0.3 is 5.97 Å². The summed E-state index contributed by atoms with van der Waals surface area (Å²) < 4.78 is 6.20. The van der Waals surface area contributed by atoms with Gasteiger partial charge in [-0.1, -0.05) is 30.3 Å². The summed E-state index contributed by atoms with van der Waals surface area (Å²) in [4.78, 5) is 29.9. The summed E-state index contributed by atoms with van der Waals surface area (Å²) >= 11 is 1.60. The van der Waals surface area contributed by atoms with E-state index in [1.807, 2.05) is 18.2 Å². The molecule has 0 unspecified atom stereocenters. The van der Waals surface area contributed by atoms with Crippen molar-refractivity contribution in [3.63, 3.8) is 0 Å². The number of carbonyl (C=O) groups excluding carboxylic acids is 1. The predicted molar refractivity (Wildman–Crippen MR) is 105 cm³/mol. The minimum atomic E-state index is -0.667. The van der Waals surface area contributed by atoms with E-state index >= 15 is 0 Å². The number of ether oxygens (including phenoxy) is 1. The lowest BCUT2D eigenvalue weighted by atomic mass is 10.0. The van der Waals surface area contributed by atoms with Crippen LogP contribution in [0.15, 0.2) is 52.9 Å². The summed E-state index contributed by atoms with van der Waals surface area (Å²) in [5.41, 5.74) is 4.17. The molecule has 3 aromatic heterocycles. The van der Waals surface area contributed by atoms with Crippen LogP contribution in [0.5, 0.6) is 0 Å². The summed E-state index contributed by atoms with van der Waals surface area (Å²) in [6, 6.07) is 10.2. The quantitative estimate of drug-likeness (QED) is 0.546. The number of carbonyl (C=O) groups is 1. The lowest BCUT2D eigenvalue weighted by Gasteiger charge is -2.03. The lowest BCUT2D eigenvalue weighted by Crippen LogP contribution is -2.24. The first kappa shape index (κ1) is 17.2. The van der Waals surface area contributed by atoms with Gasteiger partial charge < -0.3 is 4.74 Å². The van der Waals surface area contributed by atoms with E-state index in [2.05, 4.69) is 34.5 Å². The predicted octanol–water partition coefficient (Wildman–Crippen LogP) is 3.90. The first-order valence-electron chi connectivity index (χ1n) is 8.52. The zero-order chi connectivity index (χ0) is 19.0. The number of hydrogen-bond donors (Lipinski definition) is 1. The molecule has 7 heteroatoms. The molecule has 0 aliphatic carbocycles. The van der Waals surface area contributed by atoms with Crippen molar-refractivity contribution < 1.29 is 9.53 Å². The fourth-order valence-electron chi connectivity index (χ4n) is 3.06. The summed E-state index contributed by atoms with van der Waals surface area (Å²) in [6.07, 6.45) is 3.03. The Hall–Kier alpha value is -3.19. The normalized spacial score (nSPS) is 11.0. The highest BCUT2D eigenvalue weighted by Crippen LogP contribution is 2.38. The monoisotopic (exact) mass is 379 g/mol. The van der Waals surface area contributed by atoms with Gasteiger partial charge in [0.25, 0.3) is 5.56 Å². The second-order valence-electron chi connectivity index (χ2n) is 6.01. The SMILES string of the molecule is CCOC(=O)c1cnc2c(-c3scc(-c4ccccc4)c3C)c[nH]n2c1=O. The van der Waals surface area contributed by atoms with Crippen molar-refractivity contribution in [2.24, 2.45) is 0 Å². The molecule has 4 rings (SSSR count). The number of hydrogen-bond acceptors (Lipinski definition) is 5. The molecule has 0 spiro atoms. The molecule has 0 atom stereocenters. The van der Waals surface area contributed by atoms with Gasteiger partial charge in [0.05, 0.1) is 12.2 Å². The van der Waals surface area contributed by atoms with E-state index in [0.717, 1.165) is 27.1 Å². The zero-order valence-corrected chi connectivity index (χ0v) is 15.7. The number of thiophene rings is 1. The van der Waals surface area contributed by atoms with Crippen LogP contribution in [0.25, 0.3) is 27.2 Å². The Balaban J connectivity index is 1.82. The maximum atomic E-state index is 12.6. The minimum absolute atomic E-state index is 0.0874. The lowest BCUT2D eigenvalue weighted by molar-refractivity contribution is 0.0523. The Morgan fingerprint density at radius 3 is 2.78 bits per heavy atom. The third-order valence-electron chi connectivity index (χ3n) is 4.40. The van der Waals surface area contributed by atoms with Crippen molar-refractivity contribution in [3.8, 4) is 21.6 Å². The van der Waals surface area contributed by atoms with E-state index < -0.39 is 11.5 Å². The number of H-pyrrole nitrogens is 1. The summed E-state index contributed by atoms with van der Waals surface area (Å²) in [5, 5.41) is 5.01. The highest BCUT2D eigenvalue weighted by atomic mass is 32.1. The number of nitrogens with zero attached hydrogens (tertiary/aromatic N) is 2. The van der Waals surface area contributed by atoms with Gasteiger partial charge in [-0.05, 0) is 35.9 Å². The Morgan fingerprint density at radius 1 is 1.26 bits per heavy atom. The van der Waals surface area contributed by atoms with Crippen LogP contribution in [0.4, 0.5) is 0 Å². The summed E-state index contributed by atoms with van der Waals surface area (Å²) in [5.74, 6) is -0.667. The van der Waals surface area contributed by atoms with Gasteiger partial charge in [-0.15, -0.1) is 11.3 Å². The van der Waals surface area contributed by atoms with Crippen LogP contribution in [-0.2, 0) is 4.74 Å². The number of rotatable bonds is 4. The molecule has 27 heavy (non-hydrogen) atoms. The summed E-state index contributed by atoms with van der Waals surface area (Å²) in [6.45, 7) is 3.95. The van der Waals surface area contributed by atoms with Crippen molar-refractivity contribution >= 4 is 23.0 Å². The van der Waals surface area contributed by atoms with Crippen LogP contribution in [0, 0.1) is 6.92 Å². The third-order valence-corrected chi connectivity index (χ3v) is 5.52. The number of aromatic amines is 1. The van der Waals surface area contributed by atoms with Crippen LogP contribution in [0.2, 0.25) is 0 Å². The number of esters is 1. The van der Waals surface area contributed by atoms with Crippen molar-refractivity contribution in [3.05, 3.63) is 69.6 Å². The maximum Gasteiger partial charge on any atom is 0.345 e. The van der Waals surface area contributed by atoms with E-state index in [0.29, 0.717) is 5.65 Å². The minimum Gasteiger partial charge on any atom is -0.462 e. The molecular formula is C20H17N3O3S. The van der Waals surface area contributed by atoms with Gasteiger partial charge in [-0.3, -0.25) is 9.89 Å². The van der Waals surface area contributed by atoms with E-state index in [1.165, 1.54) is 10.7 Å². The number of nitrogens with one attached hydrogen (secondary N) is 1.